The second kappa shape index (κ2) is 34.8. The fraction of sp³-hybridized carbons (Fsp3) is 0.253. The van der Waals surface area contributed by atoms with E-state index < -0.39 is 74.9 Å². The first-order valence-corrected chi connectivity index (χ1v) is 34.6. The molecule has 107 heavy (non-hydrogen) atoms. The van der Waals surface area contributed by atoms with Gasteiger partial charge in [-0.05, 0) is 178 Å². The third kappa shape index (κ3) is 18.6. The van der Waals surface area contributed by atoms with Crippen molar-refractivity contribution in [2.75, 3.05) is 13.1 Å². The van der Waals surface area contributed by atoms with Crippen LogP contribution in [0.15, 0.2) is 146 Å². The molecular weight excluding hydrogens is 1370 g/mol. The number of imide groups is 2. The van der Waals surface area contributed by atoms with E-state index in [0.29, 0.717) is 139 Å². The molecule has 548 valence electrons. The van der Waals surface area contributed by atoms with Crippen molar-refractivity contribution in [3.8, 4) is 0 Å². The molecule has 28 nitrogen and oxygen atoms in total. The number of ether oxygens (including phenoxy) is 3. The summed E-state index contributed by atoms with van der Waals surface area (Å²) in [6.45, 7) is 8.83. The molecule has 0 fully saturated rings. The summed E-state index contributed by atoms with van der Waals surface area (Å²) in [5.74, 6) is -3.87. The normalized spacial score (nSPS) is 14.7. The Morgan fingerprint density at radius 3 is 1.09 bits per heavy atom. The first kappa shape index (κ1) is 76.4. The summed E-state index contributed by atoms with van der Waals surface area (Å²) in [4.78, 5) is 146. The standard InChI is InChI=1S/C27H26N4O6.C27H27N3O5.C25H22N4O6/c1-3-28-27(34)30-25(32)16(2)37-26(33)23-20-11-4-5-13-22(20)29-24-18(9-7-12-21(23)24)14-17-8-6-10-19(15-17)31(35)36;1-3-14-28-26(31)17(2)35-27(32)24-21-11-4-5-13-23(21)29-25-19(9-7-12-22(24)25)15-18-8-6-10-20(16-18)30(33)34;1-14(23(30)28-25(26)32)35-24(31)21-18-9-2-3-11-20(18)27-22-16(7-5-10-19(21)22)12-15-6-4-8-17(13-15)29(33)34/h4-6,8,10-11,13-16H,3,7,9,12H2,1-2H3,(H2,28,30,32,34);4-6,8,10-11,13,15-17H,3,7,9,12,14H2,1-2H3,(H,28,31);2-4,6,8-9,11-14H,5,7,10H2,1H3,(H3,26,28,30,32)/b18-14+;19-15+;16-12+. The maximum absolute atomic E-state index is 13.4. The van der Waals surface area contributed by atoms with Gasteiger partial charge in [-0.2, -0.15) is 0 Å². The number of carbonyl (C=O) groups is 8. The monoisotopic (exact) mass is 1450 g/mol. The van der Waals surface area contributed by atoms with Gasteiger partial charge in [0.2, 0.25) is 0 Å². The van der Waals surface area contributed by atoms with E-state index in [1.165, 1.54) is 50.2 Å². The fourth-order valence-corrected chi connectivity index (χ4v) is 12.8. The smallest absolute Gasteiger partial charge is 0.339 e. The number of nitro groups is 3. The minimum Gasteiger partial charge on any atom is -0.449 e. The highest BCUT2D eigenvalue weighted by Crippen LogP contribution is 2.41. The third-order valence-corrected chi connectivity index (χ3v) is 17.7. The third-order valence-electron chi connectivity index (χ3n) is 17.7. The Bertz CT molecular complexity index is 5170. The van der Waals surface area contributed by atoms with Crippen LogP contribution in [0, 0.1) is 30.3 Å². The van der Waals surface area contributed by atoms with Gasteiger partial charge in [0.1, 0.15) is 0 Å². The van der Waals surface area contributed by atoms with E-state index >= 15 is 0 Å². The van der Waals surface area contributed by atoms with Crippen molar-refractivity contribution in [1.82, 2.24) is 36.2 Å². The van der Waals surface area contributed by atoms with E-state index in [9.17, 15) is 68.7 Å². The van der Waals surface area contributed by atoms with E-state index in [4.69, 9.17) is 34.9 Å². The second-order valence-corrected chi connectivity index (χ2v) is 25.3. The minimum absolute atomic E-state index is 0.0130. The Labute approximate surface area is 612 Å². The zero-order valence-electron chi connectivity index (χ0n) is 59.0. The number of allylic oxidation sites excluding steroid dienone is 3. The lowest BCUT2D eigenvalue weighted by Crippen LogP contribution is -2.44. The summed E-state index contributed by atoms with van der Waals surface area (Å²) in [5, 5.41) is 44.7. The Kier molecular flexibility index (Phi) is 24.8. The van der Waals surface area contributed by atoms with Crippen molar-refractivity contribution >= 4 is 132 Å². The molecule has 7 amide bonds. The number of benzene rings is 6. The molecule has 9 aromatic rings. The molecule has 0 spiro atoms. The number of hydrogen-bond donors (Lipinski definition) is 5. The highest BCUT2D eigenvalue weighted by atomic mass is 16.6. The Morgan fingerprint density at radius 2 is 0.776 bits per heavy atom. The number of amides is 7. The van der Waals surface area contributed by atoms with Crippen LogP contribution in [-0.2, 0) is 47.9 Å². The van der Waals surface area contributed by atoms with E-state index in [1.54, 1.807) is 92.7 Å². The van der Waals surface area contributed by atoms with Crippen LogP contribution in [0.4, 0.5) is 26.7 Å². The molecule has 28 heteroatoms. The van der Waals surface area contributed by atoms with Crippen LogP contribution < -0.4 is 27.0 Å². The molecule has 0 radical (unpaired) electrons. The number of rotatable bonds is 18. The number of esters is 3. The molecule has 12 rings (SSSR count). The quantitative estimate of drug-likeness (QED) is 0.0230. The average Bonchev–Trinajstić information content (AvgIpc) is 0.768. The Morgan fingerprint density at radius 1 is 0.449 bits per heavy atom. The first-order valence-electron chi connectivity index (χ1n) is 34.6. The maximum atomic E-state index is 13.4. The largest absolute Gasteiger partial charge is 0.449 e. The highest BCUT2D eigenvalue weighted by molar-refractivity contribution is 6.10. The van der Waals surface area contributed by atoms with Gasteiger partial charge in [0.05, 0.1) is 65.1 Å². The van der Waals surface area contributed by atoms with E-state index in [0.717, 1.165) is 54.4 Å². The fourth-order valence-electron chi connectivity index (χ4n) is 12.8. The topological polar surface area (TPSA) is 406 Å². The number of nitrogens with one attached hydrogen (secondary N) is 4. The summed E-state index contributed by atoms with van der Waals surface area (Å²) >= 11 is 0. The summed E-state index contributed by atoms with van der Waals surface area (Å²) in [5.41, 5.74) is 16.5. The van der Waals surface area contributed by atoms with Crippen LogP contribution in [0.2, 0.25) is 0 Å². The number of urea groups is 2. The summed E-state index contributed by atoms with van der Waals surface area (Å²) in [6, 6.07) is 39.0. The molecule has 3 aromatic heterocycles. The van der Waals surface area contributed by atoms with Gasteiger partial charge in [-0.3, -0.25) is 55.4 Å². The lowest BCUT2D eigenvalue weighted by atomic mass is 9.86. The number of carbonyl (C=O) groups excluding carboxylic acids is 8. The lowest BCUT2D eigenvalue weighted by Gasteiger charge is -2.23. The molecule has 6 aromatic carbocycles. The van der Waals surface area contributed by atoms with Gasteiger partial charge in [0, 0.05) is 65.6 Å². The van der Waals surface area contributed by atoms with Crippen LogP contribution >= 0.6 is 0 Å². The van der Waals surface area contributed by atoms with Gasteiger partial charge < -0.3 is 30.6 Å². The SMILES string of the molecule is CC(OC(=O)c1c2c(nc3ccccc13)/C(=C/c1cccc([N+](=O)[O-])c1)CCC2)C(=O)NC(N)=O.CCCNC(=O)C(C)OC(=O)c1c2c(nc3ccccc13)/C(=C/c1cccc([N+](=O)[O-])c1)CCC2.CCNC(=O)NC(=O)C(C)OC(=O)c1c2c(nc3ccccc13)/C(=C/c1cccc([N+](=O)[O-])c1)CCC2. The average molecular weight is 1450 g/mol. The van der Waals surface area contributed by atoms with Crippen molar-refractivity contribution in [3.05, 3.63) is 243 Å². The number of nitro benzene ring substituents is 3. The predicted octanol–water partition coefficient (Wildman–Crippen LogP) is 13.3. The first-order chi connectivity index (χ1) is 51.4. The Hall–Kier alpha value is -13.3. The zero-order chi connectivity index (χ0) is 76.6. The molecule has 3 heterocycles. The van der Waals surface area contributed by atoms with Crippen molar-refractivity contribution in [2.45, 2.75) is 117 Å². The van der Waals surface area contributed by atoms with Crippen LogP contribution in [-0.4, -0.2) is 109 Å². The molecule has 3 aliphatic carbocycles. The maximum Gasteiger partial charge on any atom is 0.339 e. The summed E-state index contributed by atoms with van der Waals surface area (Å²) in [6.07, 6.45) is 9.09. The number of fused-ring (bicyclic) bond motifs is 6. The van der Waals surface area contributed by atoms with E-state index in [2.05, 4.69) is 16.0 Å². The molecule has 3 unspecified atom stereocenters. The number of para-hydroxylation sites is 3. The van der Waals surface area contributed by atoms with Crippen molar-refractivity contribution in [3.63, 3.8) is 0 Å². The van der Waals surface area contributed by atoms with E-state index in [-0.39, 0.29) is 23.0 Å². The molecule has 0 saturated carbocycles. The minimum atomic E-state index is -1.25. The Balaban J connectivity index is 0.000000172. The molecule has 0 bridgehead atoms. The van der Waals surface area contributed by atoms with Crippen LogP contribution in [0.5, 0.6) is 0 Å². The summed E-state index contributed by atoms with van der Waals surface area (Å²) < 4.78 is 16.5. The number of aromatic nitrogens is 3. The molecule has 0 saturated heterocycles. The molecule has 0 aliphatic heterocycles. The van der Waals surface area contributed by atoms with E-state index in [1.807, 2.05) is 60.8 Å². The predicted molar refractivity (Wildman–Crippen MR) is 400 cm³/mol. The highest BCUT2D eigenvalue weighted by Gasteiger charge is 2.33. The lowest BCUT2D eigenvalue weighted by molar-refractivity contribution is -0.385. The molecule has 3 atom stereocenters. The van der Waals surface area contributed by atoms with Crippen molar-refractivity contribution < 1.29 is 67.3 Å². The van der Waals surface area contributed by atoms with Crippen molar-refractivity contribution in [1.29, 1.82) is 0 Å². The molecular formula is C79H75N11O17. The van der Waals surface area contributed by atoms with Gasteiger partial charge in [0.25, 0.3) is 34.8 Å². The molecule has 3 aliphatic rings. The van der Waals surface area contributed by atoms with Gasteiger partial charge in [0.15, 0.2) is 18.3 Å². The molecule has 6 N–H and O–H groups in total. The van der Waals surface area contributed by atoms with Crippen molar-refractivity contribution in [2.24, 2.45) is 5.73 Å². The number of hydrogen-bond acceptors (Lipinski definition) is 20. The van der Waals surface area contributed by atoms with Crippen LogP contribution in [0.25, 0.3) is 67.7 Å². The zero-order valence-corrected chi connectivity index (χ0v) is 59.0. The number of nitrogens with two attached hydrogens (primary N) is 1. The van der Waals surface area contributed by atoms with Gasteiger partial charge in [-0.25, -0.2) is 38.9 Å². The number of pyridine rings is 3. The summed E-state index contributed by atoms with van der Waals surface area (Å²) in [7, 11) is 0. The van der Waals surface area contributed by atoms with Gasteiger partial charge in [-0.15, -0.1) is 0 Å². The second-order valence-electron chi connectivity index (χ2n) is 25.3. The number of non-ortho nitro benzene ring substituents is 3. The van der Waals surface area contributed by atoms with Crippen LogP contribution in [0.3, 0.4) is 0 Å². The van der Waals surface area contributed by atoms with Crippen LogP contribution in [0.1, 0.15) is 161 Å². The number of primary amides is 1. The number of nitrogens with zero attached hydrogens (tertiary/aromatic N) is 6. The van der Waals surface area contributed by atoms with Gasteiger partial charge in [-0.1, -0.05) is 97.9 Å². The van der Waals surface area contributed by atoms with Gasteiger partial charge >= 0.3 is 30.0 Å².